The first-order chi connectivity index (χ1) is 13.8. The van der Waals surface area contributed by atoms with Gasteiger partial charge in [0, 0.05) is 0 Å². The predicted octanol–water partition coefficient (Wildman–Crippen LogP) is 2.00. The molecule has 0 aromatic heterocycles. The van der Waals surface area contributed by atoms with Gasteiger partial charge in [-0.05, 0) is 61.5 Å². The number of hydrogen-bond acceptors (Lipinski definition) is 5. The quantitative estimate of drug-likeness (QED) is 0.447. The van der Waals surface area contributed by atoms with Gasteiger partial charge < -0.3 is 10.5 Å². The molecular weight excluding hydrogens is 390 g/mol. The standard InChI is InChI=1S/C21H19N3O4S/c1-12-3-8-17(13(2)9-12)24-20(27)16(19(26)23-21(24)29)10-14-4-6-15(7-5-14)28-11-18(22)25/h3-10H,11H2,1-2H3,(H2,22,25)(H,23,26,29)/b16-10+. The summed E-state index contributed by atoms with van der Waals surface area (Å²) in [4.78, 5) is 37.6. The molecule has 2 aromatic rings. The number of primary amides is 1. The van der Waals surface area contributed by atoms with Gasteiger partial charge in [-0.1, -0.05) is 29.8 Å². The monoisotopic (exact) mass is 409 g/mol. The van der Waals surface area contributed by atoms with Crippen molar-refractivity contribution in [3.8, 4) is 5.75 Å². The van der Waals surface area contributed by atoms with Crippen LogP contribution in [0, 0.1) is 13.8 Å². The highest BCUT2D eigenvalue weighted by Gasteiger charge is 2.35. The van der Waals surface area contributed by atoms with Crippen molar-refractivity contribution < 1.29 is 19.1 Å². The first kappa shape index (κ1) is 20.2. The highest BCUT2D eigenvalue weighted by Crippen LogP contribution is 2.26. The number of benzene rings is 2. The van der Waals surface area contributed by atoms with E-state index in [1.807, 2.05) is 26.0 Å². The Bertz CT molecular complexity index is 1040. The van der Waals surface area contributed by atoms with Crippen molar-refractivity contribution in [3.05, 3.63) is 64.7 Å². The van der Waals surface area contributed by atoms with Crippen LogP contribution in [-0.2, 0) is 14.4 Å². The molecule has 0 aliphatic carbocycles. The zero-order valence-corrected chi connectivity index (χ0v) is 16.7. The number of nitrogens with one attached hydrogen (secondary N) is 1. The van der Waals surface area contributed by atoms with E-state index in [0.29, 0.717) is 17.0 Å². The summed E-state index contributed by atoms with van der Waals surface area (Å²) in [6.45, 7) is 3.60. The van der Waals surface area contributed by atoms with E-state index in [9.17, 15) is 14.4 Å². The topological polar surface area (TPSA) is 102 Å². The summed E-state index contributed by atoms with van der Waals surface area (Å²) in [5.41, 5.74) is 8.16. The van der Waals surface area contributed by atoms with Crippen molar-refractivity contribution in [3.63, 3.8) is 0 Å². The molecule has 0 bridgehead atoms. The SMILES string of the molecule is Cc1ccc(N2C(=O)/C(=C/c3ccc(OCC(N)=O)cc3)C(=O)NC2=S)c(C)c1. The summed E-state index contributed by atoms with van der Waals surface area (Å²) in [6.07, 6.45) is 1.48. The fourth-order valence-corrected chi connectivity index (χ4v) is 3.19. The molecule has 8 heteroatoms. The Labute approximate surface area is 173 Å². The highest BCUT2D eigenvalue weighted by atomic mass is 32.1. The van der Waals surface area contributed by atoms with Gasteiger partial charge in [0.2, 0.25) is 0 Å². The number of anilines is 1. The molecule has 1 aliphatic rings. The summed E-state index contributed by atoms with van der Waals surface area (Å²) in [6, 6.07) is 12.2. The third-order valence-electron chi connectivity index (χ3n) is 4.27. The maximum Gasteiger partial charge on any atom is 0.270 e. The lowest BCUT2D eigenvalue weighted by Crippen LogP contribution is -2.54. The Morgan fingerprint density at radius 1 is 1.17 bits per heavy atom. The minimum atomic E-state index is -0.580. The van der Waals surface area contributed by atoms with Gasteiger partial charge in [0.05, 0.1) is 5.69 Å². The third-order valence-corrected chi connectivity index (χ3v) is 4.55. The summed E-state index contributed by atoms with van der Waals surface area (Å²) in [7, 11) is 0. The van der Waals surface area contributed by atoms with Crippen LogP contribution >= 0.6 is 12.2 Å². The van der Waals surface area contributed by atoms with Gasteiger partial charge in [-0.25, -0.2) is 0 Å². The van der Waals surface area contributed by atoms with Crippen LogP contribution in [0.3, 0.4) is 0 Å². The number of hydrogen-bond donors (Lipinski definition) is 2. The molecule has 1 aliphatic heterocycles. The molecule has 1 fully saturated rings. The van der Waals surface area contributed by atoms with E-state index < -0.39 is 17.7 Å². The molecule has 0 saturated carbocycles. The van der Waals surface area contributed by atoms with E-state index in [2.05, 4.69) is 5.32 Å². The molecule has 1 heterocycles. The molecule has 0 atom stereocenters. The average molecular weight is 409 g/mol. The van der Waals surface area contributed by atoms with Crippen LogP contribution in [-0.4, -0.2) is 29.4 Å². The largest absolute Gasteiger partial charge is 0.484 e. The second kappa shape index (κ2) is 8.24. The Balaban J connectivity index is 1.90. The summed E-state index contributed by atoms with van der Waals surface area (Å²) in [5.74, 6) is -1.19. The van der Waals surface area contributed by atoms with Gasteiger partial charge in [-0.3, -0.25) is 24.6 Å². The summed E-state index contributed by atoms with van der Waals surface area (Å²) < 4.78 is 5.20. The van der Waals surface area contributed by atoms with Gasteiger partial charge in [-0.15, -0.1) is 0 Å². The molecule has 3 rings (SSSR count). The predicted molar refractivity (Wildman–Crippen MR) is 113 cm³/mol. The molecule has 7 nitrogen and oxygen atoms in total. The second-order valence-electron chi connectivity index (χ2n) is 6.57. The fraction of sp³-hybridized carbons (Fsp3) is 0.143. The van der Waals surface area contributed by atoms with Crippen molar-refractivity contribution >= 4 is 46.8 Å². The molecule has 1 saturated heterocycles. The van der Waals surface area contributed by atoms with Crippen LogP contribution in [0.1, 0.15) is 16.7 Å². The smallest absolute Gasteiger partial charge is 0.270 e. The van der Waals surface area contributed by atoms with E-state index in [1.54, 1.807) is 30.3 Å². The molecule has 0 unspecified atom stereocenters. The molecule has 3 amide bonds. The van der Waals surface area contributed by atoms with Crippen molar-refractivity contribution in [2.75, 3.05) is 11.5 Å². The summed E-state index contributed by atoms with van der Waals surface area (Å²) >= 11 is 5.23. The van der Waals surface area contributed by atoms with Gasteiger partial charge >= 0.3 is 0 Å². The Morgan fingerprint density at radius 2 is 1.86 bits per heavy atom. The van der Waals surface area contributed by atoms with E-state index in [4.69, 9.17) is 22.7 Å². The average Bonchev–Trinajstić information content (AvgIpc) is 2.66. The van der Waals surface area contributed by atoms with E-state index in [1.165, 1.54) is 11.0 Å². The van der Waals surface area contributed by atoms with Crippen molar-refractivity contribution in [1.29, 1.82) is 0 Å². The first-order valence-corrected chi connectivity index (χ1v) is 9.17. The highest BCUT2D eigenvalue weighted by molar-refractivity contribution is 7.80. The van der Waals surface area contributed by atoms with Crippen LogP contribution in [0.2, 0.25) is 0 Å². The molecule has 148 valence electrons. The van der Waals surface area contributed by atoms with Crippen LogP contribution in [0.5, 0.6) is 5.75 Å². The van der Waals surface area contributed by atoms with Crippen LogP contribution < -0.4 is 20.7 Å². The number of amides is 3. The number of thiocarbonyl (C=S) groups is 1. The molecule has 29 heavy (non-hydrogen) atoms. The number of aryl methyl sites for hydroxylation is 2. The number of carbonyl (C=O) groups is 3. The number of nitrogens with zero attached hydrogens (tertiary/aromatic N) is 1. The Kier molecular flexibility index (Phi) is 5.74. The lowest BCUT2D eigenvalue weighted by molar-refractivity contribution is -0.122. The van der Waals surface area contributed by atoms with Crippen LogP contribution in [0.15, 0.2) is 48.0 Å². The van der Waals surface area contributed by atoms with Gasteiger partial charge in [0.15, 0.2) is 11.7 Å². The molecule has 2 aromatic carbocycles. The van der Waals surface area contributed by atoms with Gasteiger partial charge in [-0.2, -0.15) is 0 Å². The number of nitrogens with two attached hydrogens (primary N) is 1. The summed E-state index contributed by atoms with van der Waals surface area (Å²) in [5, 5.41) is 2.61. The molecule has 0 spiro atoms. The fourth-order valence-electron chi connectivity index (χ4n) is 2.91. The van der Waals surface area contributed by atoms with E-state index in [-0.39, 0.29) is 17.3 Å². The van der Waals surface area contributed by atoms with Crippen molar-refractivity contribution in [1.82, 2.24) is 5.32 Å². The van der Waals surface area contributed by atoms with E-state index in [0.717, 1.165) is 11.1 Å². The Hall–Kier alpha value is -3.52. The molecule has 3 N–H and O–H groups in total. The Morgan fingerprint density at radius 3 is 2.48 bits per heavy atom. The minimum absolute atomic E-state index is 0.0376. The maximum absolute atomic E-state index is 13.1. The second-order valence-corrected chi connectivity index (χ2v) is 6.96. The number of ether oxygens (including phenoxy) is 1. The first-order valence-electron chi connectivity index (χ1n) is 8.76. The zero-order chi connectivity index (χ0) is 21.1. The van der Waals surface area contributed by atoms with Crippen molar-refractivity contribution in [2.45, 2.75) is 13.8 Å². The maximum atomic E-state index is 13.1. The number of carbonyl (C=O) groups excluding carboxylic acids is 3. The van der Waals surface area contributed by atoms with Gasteiger partial charge in [0.25, 0.3) is 17.7 Å². The lowest BCUT2D eigenvalue weighted by atomic mass is 10.0. The van der Waals surface area contributed by atoms with Gasteiger partial charge in [0.1, 0.15) is 11.3 Å². The minimum Gasteiger partial charge on any atom is -0.484 e. The van der Waals surface area contributed by atoms with Crippen LogP contribution in [0.25, 0.3) is 6.08 Å². The molecule has 0 radical (unpaired) electrons. The molecular formula is C21H19N3O4S. The van der Waals surface area contributed by atoms with E-state index >= 15 is 0 Å². The zero-order valence-electron chi connectivity index (χ0n) is 15.9. The van der Waals surface area contributed by atoms with Crippen molar-refractivity contribution in [2.24, 2.45) is 5.73 Å². The lowest BCUT2D eigenvalue weighted by Gasteiger charge is -2.30. The van der Waals surface area contributed by atoms with Crippen LogP contribution in [0.4, 0.5) is 5.69 Å². The number of rotatable bonds is 5. The normalized spacial score (nSPS) is 15.4. The third kappa shape index (κ3) is 4.49.